The number of nitrogens with one attached hydrogen (secondary N) is 1. The third-order valence-corrected chi connectivity index (χ3v) is 3.97. The Hall–Kier alpha value is -2.96. The third kappa shape index (κ3) is 2.80. The molecule has 0 aliphatic heterocycles. The number of rotatable bonds is 4. The minimum Gasteiger partial charge on any atom is -0.459 e. The smallest absolute Gasteiger partial charge is 0.290 e. The summed E-state index contributed by atoms with van der Waals surface area (Å²) in [6.07, 6.45) is 1.23. The summed E-state index contributed by atoms with van der Waals surface area (Å²) in [4.78, 5) is 14.5. The SMILES string of the molecule is Cc1cc(NC(C)c2oc3ccc(F)cc3c2C)ncc1[N+](=O)[O-]. The molecular weight excluding hydrogens is 313 g/mol. The van der Waals surface area contributed by atoms with E-state index < -0.39 is 4.92 Å². The number of fused-ring (bicyclic) bond motifs is 1. The van der Waals surface area contributed by atoms with Gasteiger partial charge in [0.1, 0.15) is 29.2 Å². The highest BCUT2D eigenvalue weighted by atomic mass is 19.1. The Balaban J connectivity index is 1.90. The number of anilines is 1. The Labute approximate surface area is 137 Å². The molecule has 1 atom stereocenters. The standard InChI is InChI=1S/C17H16FN3O3/c1-9-6-16(19-8-14(9)21(22)23)20-11(3)17-10(2)13-7-12(18)4-5-15(13)24-17/h4-8,11H,1-3H3,(H,19,20). The third-order valence-electron chi connectivity index (χ3n) is 3.97. The molecule has 0 bridgehead atoms. The summed E-state index contributed by atoms with van der Waals surface area (Å²) in [5.74, 6) is 0.872. The molecule has 24 heavy (non-hydrogen) atoms. The van der Waals surface area contributed by atoms with Crippen molar-refractivity contribution in [2.24, 2.45) is 0 Å². The van der Waals surface area contributed by atoms with Crippen LogP contribution in [-0.4, -0.2) is 9.91 Å². The van der Waals surface area contributed by atoms with Crippen molar-refractivity contribution in [2.45, 2.75) is 26.8 Å². The van der Waals surface area contributed by atoms with E-state index in [9.17, 15) is 14.5 Å². The van der Waals surface area contributed by atoms with Gasteiger partial charge in [0.15, 0.2) is 0 Å². The van der Waals surface area contributed by atoms with Crippen LogP contribution >= 0.6 is 0 Å². The second-order valence-electron chi connectivity index (χ2n) is 5.71. The number of pyridine rings is 1. The van der Waals surface area contributed by atoms with Crippen LogP contribution in [0, 0.1) is 29.8 Å². The van der Waals surface area contributed by atoms with Crippen LogP contribution in [0.1, 0.15) is 29.9 Å². The molecule has 1 unspecified atom stereocenters. The van der Waals surface area contributed by atoms with Crippen molar-refractivity contribution in [3.63, 3.8) is 0 Å². The highest BCUT2D eigenvalue weighted by molar-refractivity contribution is 5.82. The van der Waals surface area contributed by atoms with Crippen molar-refractivity contribution in [2.75, 3.05) is 5.32 Å². The number of hydrogen-bond acceptors (Lipinski definition) is 5. The molecule has 124 valence electrons. The van der Waals surface area contributed by atoms with Gasteiger partial charge < -0.3 is 9.73 Å². The largest absolute Gasteiger partial charge is 0.459 e. The minimum atomic E-state index is -0.465. The van der Waals surface area contributed by atoms with Crippen LogP contribution < -0.4 is 5.32 Å². The van der Waals surface area contributed by atoms with Crippen LogP contribution in [0.4, 0.5) is 15.9 Å². The zero-order valence-corrected chi connectivity index (χ0v) is 13.5. The molecular formula is C17H16FN3O3. The molecule has 6 nitrogen and oxygen atoms in total. The van der Waals surface area contributed by atoms with Crippen LogP contribution in [0.15, 0.2) is 34.9 Å². The fourth-order valence-corrected chi connectivity index (χ4v) is 2.73. The average molecular weight is 329 g/mol. The van der Waals surface area contributed by atoms with Crippen molar-refractivity contribution in [3.8, 4) is 0 Å². The van der Waals surface area contributed by atoms with Crippen LogP contribution in [0.3, 0.4) is 0 Å². The summed E-state index contributed by atoms with van der Waals surface area (Å²) in [7, 11) is 0. The van der Waals surface area contributed by atoms with Crippen LogP contribution in [0.5, 0.6) is 0 Å². The van der Waals surface area contributed by atoms with Gasteiger partial charge in [0, 0.05) is 16.5 Å². The van der Waals surface area contributed by atoms with Gasteiger partial charge in [-0.1, -0.05) is 0 Å². The Bertz CT molecular complexity index is 936. The molecule has 1 aromatic carbocycles. The van der Waals surface area contributed by atoms with Crippen molar-refractivity contribution >= 4 is 22.5 Å². The number of nitrogens with zero attached hydrogens (tertiary/aromatic N) is 2. The highest BCUT2D eigenvalue weighted by Crippen LogP contribution is 2.31. The van der Waals surface area contributed by atoms with E-state index >= 15 is 0 Å². The van der Waals surface area contributed by atoms with Gasteiger partial charge >= 0.3 is 0 Å². The second-order valence-corrected chi connectivity index (χ2v) is 5.71. The van der Waals surface area contributed by atoms with Gasteiger partial charge in [0.05, 0.1) is 11.0 Å². The first-order valence-corrected chi connectivity index (χ1v) is 7.43. The lowest BCUT2D eigenvalue weighted by molar-refractivity contribution is -0.385. The molecule has 0 saturated heterocycles. The van der Waals surface area contributed by atoms with E-state index in [2.05, 4.69) is 10.3 Å². The summed E-state index contributed by atoms with van der Waals surface area (Å²) in [5, 5.41) is 14.7. The Kier molecular flexibility index (Phi) is 3.92. The topological polar surface area (TPSA) is 81.2 Å². The van der Waals surface area contributed by atoms with Crippen molar-refractivity contribution in [1.29, 1.82) is 0 Å². The zero-order valence-electron chi connectivity index (χ0n) is 13.5. The van der Waals surface area contributed by atoms with Gasteiger partial charge in [-0.15, -0.1) is 0 Å². The van der Waals surface area contributed by atoms with E-state index in [1.165, 1.54) is 18.3 Å². The summed E-state index contributed by atoms with van der Waals surface area (Å²) in [5.41, 5.74) is 1.96. The maximum Gasteiger partial charge on any atom is 0.290 e. The maximum atomic E-state index is 13.4. The average Bonchev–Trinajstić information content (AvgIpc) is 2.84. The van der Waals surface area contributed by atoms with Gasteiger partial charge in [-0.3, -0.25) is 10.1 Å². The van der Waals surface area contributed by atoms with Crippen molar-refractivity contribution in [3.05, 3.63) is 63.3 Å². The van der Waals surface area contributed by atoms with Gasteiger partial charge in [0.25, 0.3) is 5.69 Å². The fourth-order valence-electron chi connectivity index (χ4n) is 2.73. The predicted octanol–water partition coefficient (Wildman–Crippen LogP) is 4.67. The molecule has 0 fully saturated rings. The lowest BCUT2D eigenvalue weighted by Gasteiger charge is -2.13. The molecule has 0 aliphatic rings. The molecule has 2 heterocycles. The molecule has 3 aromatic rings. The normalized spacial score (nSPS) is 12.3. The van der Waals surface area contributed by atoms with Crippen LogP contribution in [0.25, 0.3) is 11.0 Å². The number of halogens is 1. The maximum absolute atomic E-state index is 13.4. The first kappa shape index (κ1) is 15.9. The van der Waals surface area contributed by atoms with E-state index in [4.69, 9.17) is 4.42 Å². The first-order valence-electron chi connectivity index (χ1n) is 7.43. The number of nitro groups is 1. The minimum absolute atomic E-state index is 0.0244. The highest BCUT2D eigenvalue weighted by Gasteiger charge is 2.18. The molecule has 0 spiro atoms. The van der Waals surface area contributed by atoms with Gasteiger partial charge in [0.2, 0.25) is 0 Å². The Morgan fingerprint density at radius 3 is 2.75 bits per heavy atom. The lowest BCUT2D eigenvalue weighted by Crippen LogP contribution is -2.08. The van der Waals surface area contributed by atoms with Crippen LogP contribution in [0.2, 0.25) is 0 Å². The monoisotopic (exact) mass is 329 g/mol. The van der Waals surface area contributed by atoms with E-state index in [1.54, 1.807) is 19.1 Å². The molecule has 0 amide bonds. The second kappa shape index (κ2) is 5.92. The fraction of sp³-hybridized carbons (Fsp3) is 0.235. The van der Waals surface area contributed by atoms with Gasteiger partial charge in [-0.2, -0.15) is 0 Å². The number of aromatic nitrogens is 1. The molecule has 3 rings (SSSR count). The number of hydrogen-bond donors (Lipinski definition) is 1. The number of aryl methyl sites for hydroxylation is 2. The zero-order chi connectivity index (χ0) is 17.4. The van der Waals surface area contributed by atoms with E-state index in [0.717, 1.165) is 10.9 Å². The van der Waals surface area contributed by atoms with E-state index in [0.29, 0.717) is 22.7 Å². The summed E-state index contributed by atoms with van der Waals surface area (Å²) >= 11 is 0. The lowest BCUT2D eigenvalue weighted by atomic mass is 10.1. The molecule has 7 heteroatoms. The van der Waals surface area contributed by atoms with Crippen LogP contribution in [-0.2, 0) is 0 Å². The van der Waals surface area contributed by atoms with Crippen molar-refractivity contribution < 1.29 is 13.7 Å². The van der Waals surface area contributed by atoms with Gasteiger partial charge in [-0.05, 0) is 45.0 Å². The molecule has 0 radical (unpaired) electrons. The molecule has 1 N–H and O–H groups in total. The summed E-state index contributed by atoms with van der Waals surface area (Å²) in [6, 6.07) is 5.79. The van der Waals surface area contributed by atoms with Gasteiger partial charge in [-0.25, -0.2) is 9.37 Å². The summed E-state index contributed by atoms with van der Waals surface area (Å²) in [6.45, 7) is 5.41. The van der Waals surface area contributed by atoms with E-state index in [-0.39, 0.29) is 17.5 Å². The van der Waals surface area contributed by atoms with E-state index in [1.807, 2.05) is 13.8 Å². The summed E-state index contributed by atoms with van der Waals surface area (Å²) < 4.78 is 19.2. The molecule has 2 aromatic heterocycles. The number of benzene rings is 1. The molecule has 0 aliphatic carbocycles. The van der Waals surface area contributed by atoms with Crippen molar-refractivity contribution in [1.82, 2.24) is 4.98 Å². The predicted molar refractivity (Wildman–Crippen MR) is 88.6 cm³/mol. The Morgan fingerprint density at radius 2 is 2.08 bits per heavy atom. The first-order chi connectivity index (χ1) is 11.4. The quantitative estimate of drug-likeness (QED) is 0.556. The molecule has 0 saturated carbocycles. The number of furan rings is 1. The Morgan fingerprint density at radius 1 is 1.33 bits per heavy atom.